The highest BCUT2D eigenvalue weighted by Gasteiger charge is 2.18. The summed E-state index contributed by atoms with van der Waals surface area (Å²) < 4.78 is 18.1. The minimum absolute atomic E-state index is 0.0675. The lowest BCUT2D eigenvalue weighted by Gasteiger charge is -2.20. The van der Waals surface area contributed by atoms with Gasteiger partial charge in [-0.2, -0.15) is 0 Å². The van der Waals surface area contributed by atoms with Gasteiger partial charge in [0.1, 0.15) is 5.82 Å². The van der Waals surface area contributed by atoms with Crippen LogP contribution >= 0.6 is 0 Å². The number of hydrogen-bond acceptors (Lipinski definition) is 6. The summed E-state index contributed by atoms with van der Waals surface area (Å²) in [5, 5.41) is 0. The molecule has 1 aromatic heterocycles. The molecule has 0 bridgehead atoms. The summed E-state index contributed by atoms with van der Waals surface area (Å²) in [7, 11) is 0. The molecule has 0 aliphatic rings. The Balaban J connectivity index is 1.95. The summed E-state index contributed by atoms with van der Waals surface area (Å²) in [4.78, 5) is 33.0. The molecule has 24 heavy (non-hydrogen) atoms. The highest BCUT2D eigenvalue weighted by Crippen LogP contribution is 2.09. The lowest BCUT2D eigenvalue weighted by molar-refractivity contribution is -0.135. The molecule has 0 spiro atoms. The van der Waals surface area contributed by atoms with Gasteiger partial charge in [0.25, 0.3) is 5.91 Å². The van der Waals surface area contributed by atoms with Gasteiger partial charge in [-0.1, -0.05) is 12.1 Å². The first-order chi connectivity index (χ1) is 11.5. The third kappa shape index (κ3) is 4.48. The maximum Gasteiger partial charge on any atom is 0.361 e. The average Bonchev–Trinajstić information content (AvgIpc) is 2.57. The molecule has 1 amide bonds. The van der Waals surface area contributed by atoms with Crippen LogP contribution in [0.5, 0.6) is 0 Å². The number of nitrogen functional groups attached to an aromatic ring is 1. The molecule has 2 rings (SSSR count). The number of nitrogens with two attached hydrogens (primary N) is 1. The minimum Gasteiger partial charge on any atom is -0.451 e. The molecule has 0 saturated carbocycles. The van der Waals surface area contributed by atoms with Crippen LogP contribution in [-0.4, -0.2) is 39.9 Å². The summed E-state index contributed by atoms with van der Waals surface area (Å²) in [6.45, 7) is 1.93. The Kier molecular flexibility index (Phi) is 5.78. The Morgan fingerprint density at radius 1 is 1.29 bits per heavy atom. The molecule has 126 valence electrons. The van der Waals surface area contributed by atoms with Crippen LogP contribution in [0.3, 0.4) is 0 Å². The van der Waals surface area contributed by atoms with Gasteiger partial charge in [0.2, 0.25) is 0 Å². The molecule has 1 heterocycles. The summed E-state index contributed by atoms with van der Waals surface area (Å²) in [6.07, 6.45) is 2.64. The molecule has 0 fully saturated rings. The fraction of sp³-hybridized carbons (Fsp3) is 0.250. The number of anilines is 1. The van der Waals surface area contributed by atoms with Crippen molar-refractivity contribution in [2.24, 2.45) is 0 Å². The number of amides is 1. The van der Waals surface area contributed by atoms with Crippen molar-refractivity contribution in [3.8, 4) is 0 Å². The number of ether oxygens (including phenoxy) is 1. The average molecular weight is 332 g/mol. The third-order valence-corrected chi connectivity index (χ3v) is 3.24. The smallest absolute Gasteiger partial charge is 0.361 e. The number of likely N-dealkylation sites (N-methyl/N-ethyl adjacent to an activating group) is 1. The standard InChI is InChI=1S/C16H17FN4O3/c1-2-21(9-11-4-3-5-12(17)8-11)13(22)10-24-16(23)14-15(18)20-7-6-19-14/h3-8H,2,9-10H2,1H3,(H2,18,20). The van der Waals surface area contributed by atoms with E-state index in [1.807, 2.05) is 0 Å². The third-order valence-electron chi connectivity index (χ3n) is 3.24. The van der Waals surface area contributed by atoms with Gasteiger partial charge in [-0.3, -0.25) is 4.79 Å². The molecule has 7 nitrogen and oxygen atoms in total. The van der Waals surface area contributed by atoms with E-state index in [0.717, 1.165) is 0 Å². The van der Waals surface area contributed by atoms with Gasteiger partial charge in [-0.05, 0) is 24.6 Å². The lowest BCUT2D eigenvalue weighted by atomic mass is 10.2. The highest BCUT2D eigenvalue weighted by atomic mass is 19.1. The van der Waals surface area contributed by atoms with Crippen molar-refractivity contribution in [3.05, 3.63) is 53.7 Å². The van der Waals surface area contributed by atoms with Gasteiger partial charge in [0.05, 0.1) is 0 Å². The molecule has 2 aromatic rings. The fourth-order valence-electron chi connectivity index (χ4n) is 2.03. The highest BCUT2D eigenvalue weighted by molar-refractivity contribution is 5.93. The lowest BCUT2D eigenvalue weighted by Crippen LogP contribution is -2.34. The molecule has 2 N–H and O–H groups in total. The molecular formula is C16H17FN4O3. The van der Waals surface area contributed by atoms with E-state index in [-0.39, 0.29) is 23.9 Å². The molecular weight excluding hydrogens is 315 g/mol. The Bertz CT molecular complexity index is 739. The summed E-state index contributed by atoms with van der Waals surface area (Å²) >= 11 is 0. The van der Waals surface area contributed by atoms with Gasteiger partial charge in [0.15, 0.2) is 18.1 Å². The van der Waals surface area contributed by atoms with E-state index in [1.54, 1.807) is 19.1 Å². The fourth-order valence-corrected chi connectivity index (χ4v) is 2.03. The van der Waals surface area contributed by atoms with E-state index in [4.69, 9.17) is 10.5 Å². The van der Waals surface area contributed by atoms with Crippen molar-refractivity contribution < 1.29 is 18.7 Å². The van der Waals surface area contributed by atoms with E-state index in [9.17, 15) is 14.0 Å². The number of carbonyl (C=O) groups is 2. The molecule has 0 atom stereocenters. The van der Waals surface area contributed by atoms with Crippen LogP contribution in [0.4, 0.5) is 10.2 Å². The Hall–Kier alpha value is -3.03. The largest absolute Gasteiger partial charge is 0.451 e. The molecule has 0 aliphatic heterocycles. The molecule has 8 heteroatoms. The van der Waals surface area contributed by atoms with E-state index in [2.05, 4.69) is 9.97 Å². The van der Waals surface area contributed by atoms with Gasteiger partial charge in [-0.15, -0.1) is 0 Å². The van der Waals surface area contributed by atoms with Crippen molar-refractivity contribution in [2.75, 3.05) is 18.9 Å². The summed E-state index contributed by atoms with van der Waals surface area (Å²) in [6, 6.07) is 5.96. The van der Waals surface area contributed by atoms with E-state index >= 15 is 0 Å². The van der Waals surface area contributed by atoms with Gasteiger partial charge in [-0.25, -0.2) is 19.2 Å². The van der Waals surface area contributed by atoms with Crippen molar-refractivity contribution in [1.29, 1.82) is 0 Å². The first-order valence-electron chi connectivity index (χ1n) is 7.27. The maximum absolute atomic E-state index is 13.2. The molecule has 0 saturated heterocycles. The van der Waals surface area contributed by atoms with Gasteiger partial charge in [0, 0.05) is 25.5 Å². The van der Waals surface area contributed by atoms with Crippen LogP contribution in [0.1, 0.15) is 23.0 Å². The Labute approximate surface area is 138 Å². The molecule has 1 aromatic carbocycles. The van der Waals surface area contributed by atoms with Crippen LogP contribution in [0.2, 0.25) is 0 Å². The summed E-state index contributed by atoms with van der Waals surface area (Å²) in [5.74, 6) is -1.67. The number of halogens is 1. The van der Waals surface area contributed by atoms with E-state index in [1.165, 1.54) is 29.4 Å². The first kappa shape index (κ1) is 17.3. The molecule has 0 aliphatic carbocycles. The number of aromatic nitrogens is 2. The number of hydrogen-bond donors (Lipinski definition) is 1. The van der Waals surface area contributed by atoms with Crippen LogP contribution in [-0.2, 0) is 16.1 Å². The quantitative estimate of drug-likeness (QED) is 0.803. The molecule has 0 unspecified atom stereocenters. The van der Waals surface area contributed by atoms with E-state index < -0.39 is 18.5 Å². The number of carbonyl (C=O) groups excluding carboxylic acids is 2. The zero-order valence-electron chi connectivity index (χ0n) is 13.1. The second-order valence-electron chi connectivity index (χ2n) is 4.90. The number of nitrogens with zero attached hydrogens (tertiary/aromatic N) is 3. The van der Waals surface area contributed by atoms with Crippen LogP contribution in [0.25, 0.3) is 0 Å². The van der Waals surface area contributed by atoms with Crippen molar-refractivity contribution in [2.45, 2.75) is 13.5 Å². The molecule has 0 radical (unpaired) electrons. The normalized spacial score (nSPS) is 10.2. The number of rotatable bonds is 6. The van der Waals surface area contributed by atoms with Gasteiger partial charge >= 0.3 is 5.97 Å². The van der Waals surface area contributed by atoms with Crippen LogP contribution in [0, 0.1) is 5.82 Å². The maximum atomic E-state index is 13.2. The van der Waals surface area contributed by atoms with Crippen LogP contribution in [0.15, 0.2) is 36.7 Å². The second-order valence-corrected chi connectivity index (χ2v) is 4.90. The monoisotopic (exact) mass is 332 g/mol. The van der Waals surface area contributed by atoms with Crippen molar-refractivity contribution in [1.82, 2.24) is 14.9 Å². The number of benzene rings is 1. The van der Waals surface area contributed by atoms with Crippen LogP contribution < -0.4 is 5.73 Å². The van der Waals surface area contributed by atoms with Gasteiger partial charge < -0.3 is 15.4 Å². The SMILES string of the molecule is CCN(Cc1cccc(F)c1)C(=O)COC(=O)c1nccnc1N. The zero-order chi connectivity index (χ0) is 17.5. The van der Waals surface area contributed by atoms with Crippen molar-refractivity contribution >= 4 is 17.7 Å². The first-order valence-corrected chi connectivity index (χ1v) is 7.27. The minimum atomic E-state index is -0.823. The summed E-state index contributed by atoms with van der Waals surface area (Å²) in [5.41, 5.74) is 6.03. The predicted molar refractivity (Wildman–Crippen MR) is 84.2 cm³/mol. The topological polar surface area (TPSA) is 98.4 Å². The Morgan fingerprint density at radius 2 is 2.04 bits per heavy atom. The number of esters is 1. The zero-order valence-corrected chi connectivity index (χ0v) is 13.1. The van der Waals surface area contributed by atoms with Crippen molar-refractivity contribution in [3.63, 3.8) is 0 Å². The Morgan fingerprint density at radius 3 is 2.71 bits per heavy atom. The predicted octanol–water partition coefficient (Wildman–Crippen LogP) is 1.40. The van der Waals surface area contributed by atoms with E-state index in [0.29, 0.717) is 12.1 Å². The second kappa shape index (κ2) is 8.00.